The van der Waals surface area contributed by atoms with Crippen LogP contribution >= 0.6 is 0 Å². The lowest BCUT2D eigenvalue weighted by molar-refractivity contribution is 0.193. The fourth-order valence-corrected chi connectivity index (χ4v) is 1.58. The van der Waals surface area contributed by atoms with E-state index in [2.05, 4.69) is 26.8 Å². The molecule has 0 radical (unpaired) electrons. The molecule has 1 aromatic rings. The van der Waals surface area contributed by atoms with E-state index in [1.807, 2.05) is 12.1 Å². The minimum atomic E-state index is 0.193. The molecule has 0 fully saturated rings. The Morgan fingerprint density at radius 3 is 2.67 bits per heavy atom. The van der Waals surface area contributed by atoms with Crippen molar-refractivity contribution in [1.82, 2.24) is 0 Å². The van der Waals surface area contributed by atoms with Crippen molar-refractivity contribution in [3.63, 3.8) is 0 Å². The predicted molar refractivity (Wildman–Crippen MR) is 60.7 cm³/mol. The zero-order chi connectivity index (χ0) is 11.3. The van der Waals surface area contributed by atoms with Crippen LogP contribution in [-0.4, -0.2) is 6.10 Å². The van der Waals surface area contributed by atoms with Gasteiger partial charge in [0.2, 0.25) is 0 Å². The van der Waals surface area contributed by atoms with Gasteiger partial charge in [-0.15, -0.1) is 0 Å². The van der Waals surface area contributed by atoms with Gasteiger partial charge >= 0.3 is 0 Å². The largest absolute Gasteiger partial charge is 0.491 e. The van der Waals surface area contributed by atoms with E-state index < -0.39 is 0 Å². The highest BCUT2D eigenvalue weighted by Gasteiger charge is 2.06. The molecule has 1 unspecified atom stereocenters. The molecule has 0 spiro atoms. The molecule has 15 heavy (non-hydrogen) atoms. The van der Waals surface area contributed by atoms with Crippen molar-refractivity contribution < 1.29 is 4.74 Å². The van der Waals surface area contributed by atoms with Gasteiger partial charge in [-0.3, -0.25) is 0 Å². The lowest BCUT2D eigenvalue weighted by Gasteiger charge is -2.16. The molecule has 0 aromatic heterocycles. The molecule has 1 aromatic carbocycles. The molecule has 1 rings (SSSR count). The van der Waals surface area contributed by atoms with Crippen LogP contribution in [0.3, 0.4) is 0 Å². The van der Waals surface area contributed by atoms with Crippen molar-refractivity contribution in [1.29, 1.82) is 5.26 Å². The Bertz CT molecular complexity index is 352. The maximum atomic E-state index is 8.74. The van der Waals surface area contributed by atoms with Gasteiger partial charge in [0.25, 0.3) is 0 Å². The van der Waals surface area contributed by atoms with Crippen LogP contribution in [0, 0.1) is 17.2 Å². The summed E-state index contributed by atoms with van der Waals surface area (Å²) in [5.41, 5.74) is 0.643. The van der Waals surface area contributed by atoms with Crippen molar-refractivity contribution in [2.24, 2.45) is 5.92 Å². The first-order valence-corrected chi connectivity index (χ1v) is 5.28. The topological polar surface area (TPSA) is 33.0 Å². The van der Waals surface area contributed by atoms with E-state index in [-0.39, 0.29) is 6.10 Å². The minimum Gasteiger partial charge on any atom is -0.491 e. The number of nitrogens with zero attached hydrogens (tertiary/aromatic N) is 1. The summed E-state index contributed by atoms with van der Waals surface area (Å²) >= 11 is 0. The molecule has 0 bridgehead atoms. The number of nitriles is 1. The number of ether oxygens (including phenoxy) is 1. The average Bonchev–Trinajstić information content (AvgIpc) is 2.16. The molecule has 0 aliphatic carbocycles. The monoisotopic (exact) mass is 203 g/mol. The molecular weight excluding hydrogens is 186 g/mol. The van der Waals surface area contributed by atoms with Crippen molar-refractivity contribution >= 4 is 0 Å². The van der Waals surface area contributed by atoms with E-state index in [9.17, 15) is 0 Å². The first-order valence-electron chi connectivity index (χ1n) is 5.28. The van der Waals surface area contributed by atoms with Crippen molar-refractivity contribution in [2.75, 3.05) is 0 Å². The van der Waals surface area contributed by atoms with Crippen molar-refractivity contribution in [3.05, 3.63) is 29.8 Å². The standard InChI is InChI=1S/C13H17NO/c1-10(2)7-11(3)15-13-6-4-5-12(8-13)9-14/h4-6,8,10-11H,7H2,1-3H3. The average molecular weight is 203 g/mol. The number of benzene rings is 1. The Labute approximate surface area is 91.5 Å². The third-order valence-electron chi connectivity index (χ3n) is 2.10. The van der Waals surface area contributed by atoms with Gasteiger partial charge in [0.05, 0.1) is 17.7 Å². The summed E-state index contributed by atoms with van der Waals surface area (Å²) in [6.07, 6.45) is 1.22. The summed E-state index contributed by atoms with van der Waals surface area (Å²) in [4.78, 5) is 0. The van der Waals surface area contributed by atoms with Gasteiger partial charge in [-0.25, -0.2) is 0 Å². The van der Waals surface area contributed by atoms with Gasteiger partial charge in [0, 0.05) is 0 Å². The minimum absolute atomic E-state index is 0.193. The summed E-state index contributed by atoms with van der Waals surface area (Å²) in [7, 11) is 0. The first-order chi connectivity index (χ1) is 7.11. The van der Waals surface area contributed by atoms with Gasteiger partial charge in [-0.1, -0.05) is 19.9 Å². The molecule has 0 saturated carbocycles. The second kappa shape index (κ2) is 5.41. The van der Waals surface area contributed by atoms with E-state index in [4.69, 9.17) is 10.00 Å². The third kappa shape index (κ3) is 4.03. The van der Waals surface area contributed by atoms with Crippen LogP contribution < -0.4 is 4.74 Å². The molecule has 2 nitrogen and oxygen atoms in total. The quantitative estimate of drug-likeness (QED) is 0.751. The molecule has 0 aliphatic rings. The molecule has 0 heterocycles. The maximum Gasteiger partial charge on any atom is 0.121 e. The van der Waals surface area contributed by atoms with Crippen molar-refractivity contribution in [2.45, 2.75) is 33.3 Å². The normalized spacial score (nSPS) is 12.2. The molecule has 0 saturated heterocycles. The summed E-state index contributed by atoms with van der Waals surface area (Å²) < 4.78 is 5.72. The van der Waals surface area contributed by atoms with Crippen LogP contribution in [0.5, 0.6) is 5.75 Å². The van der Waals surface area contributed by atoms with Gasteiger partial charge < -0.3 is 4.74 Å². The van der Waals surface area contributed by atoms with Crippen LogP contribution in [0.2, 0.25) is 0 Å². The fourth-order valence-electron chi connectivity index (χ4n) is 1.58. The molecular formula is C13H17NO. The lowest BCUT2D eigenvalue weighted by atomic mass is 10.1. The lowest BCUT2D eigenvalue weighted by Crippen LogP contribution is -2.14. The van der Waals surface area contributed by atoms with Gasteiger partial charge in [0.15, 0.2) is 0 Å². The number of hydrogen-bond acceptors (Lipinski definition) is 2. The zero-order valence-corrected chi connectivity index (χ0v) is 9.53. The third-order valence-corrected chi connectivity index (χ3v) is 2.10. The first kappa shape index (κ1) is 11.6. The second-order valence-corrected chi connectivity index (χ2v) is 4.20. The van der Waals surface area contributed by atoms with E-state index in [0.29, 0.717) is 11.5 Å². The highest BCUT2D eigenvalue weighted by molar-refractivity contribution is 5.36. The summed E-state index contributed by atoms with van der Waals surface area (Å²) in [6.45, 7) is 6.40. The molecule has 80 valence electrons. The molecule has 0 amide bonds. The summed E-state index contributed by atoms with van der Waals surface area (Å²) in [5, 5.41) is 8.74. The Hall–Kier alpha value is -1.49. The second-order valence-electron chi connectivity index (χ2n) is 4.20. The predicted octanol–water partition coefficient (Wildman–Crippen LogP) is 3.37. The summed E-state index contributed by atoms with van der Waals surface area (Å²) in [5.74, 6) is 1.40. The number of hydrogen-bond donors (Lipinski definition) is 0. The van der Waals surface area contributed by atoms with Gasteiger partial charge in [0.1, 0.15) is 5.75 Å². The van der Waals surface area contributed by atoms with E-state index in [0.717, 1.165) is 12.2 Å². The smallest absolute Gasteiger partial charge is 0.121 e. The summed E-state index contributed by atoms with van der Waals surface area (Å²) in [6, 6.07) is 9.38. The Balaban J connectivity index is 2.60. The Morgan fingerprint density at radius 1 is 1.33 bits per heavy atom. The van der Waals surface area contributed by atoms with Crippen molar-refractivity contribution in [3.8, 4) is 11.8 Å². The number of rotatable bonds is 4. The fraction of sp³-hybridized carbons (Fsp3) is 0.462. The van der Waals surface area contributed by atoms with Crippen LogP contribution in [0.25, 0.3) is 0 Å². The van der Waals surface area contributed by atoms with Gasteiger partial charge in [-0.05, 0) is 37.5 Å². The highest BCUT2D eigenvalue weighted by atomic mass is 16.5. The van der Waals surface area contributed by atoms with E-state index in [1.165, 1.54) is 0 Å². The Kier molecular flexibility index (Phi) is 4.17. The highest BCUT2D eigenvalue weighted by Crippen LogP contribution is 2.17. The van der Waals surface area contributed by atoms with Crippen LogP contribution in [0.15, 0.2) is 24.3 Å². The molecule has 0 N–H and O–H groups in total. The van der Waals surface area contributed by atoms with E-state index >= 15 is 0 Å². The van der Waals surface area contributed by atoms with Crippen LogP contribution in [0.4, 0.5) is 0 Å². The van der Waals surface area contributed by atoms with E-state index in [1.54, 1.807) is 12.1 Å². The van der Waals surface area contributed by atoms with Crippen LogP contribution in [-0.2, 0) is 0 Å². The molecule has 1 atom stereocenters. The molecule has 2 heteroatoms. The zero-order valence-electron chi connectivity index (χ0n) is 9.53. The SMILES string of the molecule is CC(C)CC(C)Oc1cccc(C#N)c1. The maximum absolute atomic E-state index is 8.74. The van der Waals surface area contributed by atoms with Crippen LogP contribution in [0.1, 0.15) is 32.8 Å². The molecule has 0 aliphatic heterocycles. The van der Waals surface area contributed by atoms with Gasteiger partial charge in [-0.2, -0.15) is 5.26 Å². The Morgan fingerprint density at radius 2 is 2.07 bits per heavy atom.